The smallest absolute Gasteiger partial charge is 0.326 e. The molecule has 1 amide bonds. The van der Waals surface area contributed by atoms with Crippen molar-refractivity contribution in [2.75, 3.05) is 13.2 Å². The number of nitrogens with one attached hydrogen (secondary N) is 1. The summed E-state index contributed by atoms with van der Waals surface area (Å²) < 4.78 is 4.51. The highest BCUT2D eigenvalue weighted by atomic mass is 16.6. The van der Waals surface area contributed by atoms with Crippen LogP contribution in [0.1, 0.15) is 0 Å². The van der Waals surface area contributed by atoms with Crippen LogP contribution in [0, 0.1) is 0 Å². The van der Waals surface area contributed by atoms with E-state index < -0.39 is 36.8 Å². The van der Waals surface area contributed by atoms with Gasteiger partial charge in [-0.15, -0.1) is 0 Å². The highest BCUT2D eigenvalue weighted by Crippen LogP contribution is 2.08. The molecule has 7 heteroatoms. The average Bonchev–Trinajstić information content (AvgIpc) is 2.19. The summed E-state index contributed by atoms with van der Waals surface area (Å²) in [6.45, 7) is -0.972. The topological polar surface area (TPSA) is 116 Å². The van der Waals surface area contributed by atoms with Gasteiger partial charge in [-0.2, -0.15) is 0 Å². The quantitative estimate of drug-likeness (QED) is 0.359. The van der Waals surface area contributed by atoms with Crippen LogP contribution in [-0.4, -0.2) is 58.7 Å². The van der Waals surface area contributed by atoms with E-state index in [0.29, 0.717) is 0 Å². The monoisotopic (exact) mass is 205 g/mol. The van der Waals surface area contributed by atoms with E-state index >= 15 is 0 Å². The van der Waals surface area contributed by atoms with Crippen LogP contribution in [0.5, 0.6) is 0 Å². The predicted octanol–water partition coefficient (Wildman–Crippen LogP) is -3.26. The maximum Gasteiger partial charge on any atom is 0.326 e. The van der Waals surface area contributed by atoms with Gasteiger partial charge in [0.05, 0.1) is 6.61 Å². The Labute approximate surface area is 79.3 Å². The van der Waals surface area contributed by atoms with Gasteiger partial charge in [0, 0.05) is 0 Å². The number of aliphatic hydroxyl groups excluding tert-OH is 3. The summed E-state index contributed by atoms with van der Waals surface area (Å²) in [6.07, 6.45) is -4.60. The first-order chi connectivity index (χ1) is 6.56. The van der Waals surface area contributed by atoms with E-state index in [2.05, 4.69) is 10.1 Å². The molecule has 7 nitrogen and oxygen atoms in total. The summed E-state index contributed by atoms with van der Waals surface area (Å²) in [7, 11) is 0. The highest BCUT2D eigenvalue weighted by Gasteiger charge is 2.37. The van der Waals surface area contributed by atoms with Gasteiger partial charge in [-0.25, -0.2) is 0 Å². The third-order valence-corrected chi connectivity index (χ3v) is 1.82. The predicted molar refractivity (Wildman–Crippen MR) is 42.0 cm³/mol. The van der Waals surface area contributed by atoms with Gasteiger partial charge in [0.1, 0.15) is 18.8 Å². The molecule has 0 aliphatic carbocycles. The summed E-state index contributed by atoms with van der Waals surface area (Å²) in [4.78, 5) is 21.8. The van der Waals surface area contributed by atoms with Gasteiger partial charge in [0.25, 0.3) is 5.91 Å². The Morgan fingerprint density at radius 2 is 2.14 bits per heavy atom. The van der Waals surface area contributed by atoms with E-state index in [1.165, 1.54) is 0 Å². The fraction of sp³-hybridized carbons (Fsp3) is 0.714. The van der Waals surface area contributed by atoms with Crippen LogP contribution in [0.25, 0.3) is 0 Å². The summed E-state index contributed by atoms with van der Waals surface area (Å²) in [5.41, 5.74) is 0. The van der Waals surface area contributed by atoms with Crippen molar-refractivity contribution >= 4 is 11.9 Å². The highest BCUT2D eigenvalue weighted by molar-refractivity contribution is 5.90. The van der Waals surface area contributed by atoms with Crippen molar-refractivity contribution in [3.05, 3.63) is 0 Å². The molecule has 80 valence electrons. The first-order valence-electron chi connectivity index (χ1n) is 4.00. The van der Waals surface area contributed by atoms with Crippen molar-refractivity contribution in [2.45, 2.75) is 18.3 Å². The van der Waals surface area contributed by atoms with Gasteiger partial charge in [-0.3, -0.25) is 9.59 Å². The van der Waals surface area contributed by atoms with E-state index in [4.69, 9.17) is 10.2 Å². The van der Waals surface area contributed by atoms with Gasteiger partial charge in [-0.05, 0) is 0 Å². The van der Waals surface area contributed by atoms with Crippen molar-refractivity contribution in [2.24, 2.45) is 0 Å². The van der Waals surface area contributed by atoms with Gasteiger partial charge in [0.15, 0.2) is 0 Å². The molecule has 1 saturated heterocycles. The molecular formula is C7H11NO6. The summed E-state index contributed by atoms with van der Waals surface area (Å²) >= 11 is 0. The maximum absolute atomic E-state index is 11.1. The molecule has 0 saturated carbocycles. The largest absolute Gasteiger partial charge is 0.448 e. The fourth-order valence-corrected chi connectivity index (χ4v) is 1.03. The number of morpholine rings is 1. The SMILES string of the molecule is O=C1CNC(=O)C([C@H](O)[C@H](O)CO)O1. The Kier molecular flexibility index (Phi) is 3.39. The van der Waals surface area contributed by atoms with Crippen molar-refractivity contribution in [1.82, 2.24) is 5.32 Å². The zero-order valence-electron chi connectivity index (χ0n) is 7.21. The lowest BCUT2D eigenvalue weighted by Crippen LogP contribution is -2.55. The molecule has 0 radical (unpaired) electrons. The molecule has 1 unspecified atom stereocenters. The van der Waals surface area contributed by atoms with Crippen LogP contribution in [0.2, 0.25) is 0 Å². The molecule has 1 aliphatic rings. The van der Waals surface area contributed by atoms with E-state index in [1.807, 2.05) is 0 Å². The molecule has 4 N–H and O–H groups in total. The van der Waals surface area contributed by atoms with Crippen LogP contribution in [0.4, 0.5) is 0 Å². The number of cyclic esters (lactones) is 1. The van der Waals surface area contributed by atoms with E-state index in [0.717, 1.165) is 0 Å². The molecule has 0 bridgehead atoms. The standard InChI is InChI=1S/C7H11NO6/c9-2-3(10)5(12)6-7(13)8-1-4(11)14-6/h3,5-6,9-10,12H,1-2H2,(H,8,13)/t3-,5-,6?/m1/s1. The van der Waals surface area contributed by atoms with Gasteiger partial charge in [-0.1, -0.05) is 0 Å². The third kappa shape index (κ3) is 2.19. The van der Waals surface area contributed by atoms with E-state index in [1.54, 1.807) is 0 Å². The number of amides is 1. The molecule has 0 aromatic carbocycles. The summed E-state index contributed by atoms with van der Waals surface area (Å²) in [6, 6.07) is 0. The minimum absolute atomic E-state index is 0.253. The number of rotatable bonds is 3. The molecule has 0 aromatic heterocycles. The van der Waals surface area contributed by atoms with Gasteiger partial charge >= 0.3 is 5.97 Å². The maximum atomic E-state index is 11.1. The summed E-state index contributed by atoms with van der Waals surface area (Å²) in [5.74, 6) is -1.39. The van der Waals surface area contributed by atoms with Crippen LogP contribution >= 0.6 is 0 Å². The van der Waals surface area contributed by atoms with Crippen LogP contribution < -0.4 is 5.32 Å². The van der Waals surface area contributed by atoms with Crippen LogP contribution in [0.15, 0.2) is 0 Å². The first-order valence-corrected chi connectivity index (χ1v) is 4.00. The molecule has 0 spiro atoms. The Morgan fingerprint density at radius 3 is 2.71 bits per heavy atom. The number of hydrogen-bond acceptors (Lipinski definition) is 6. The fourth-order valence-electron chi connectivity index (χ4n) is 1.03. The van der Waals surface area contributed by atoms with E-state index in [9.17, 15) is 14.7 Å². The molecule has 14 heavy (non-hydrogen) atoms. The average molecular weight is 205 g/mol. The number of aliphatic hydroxyl groups is 3. The second-order valence-corrected chi connectivity index (χ2v) is 2.87. The number of ether oxygens (including phenoxy) is 1. The molecule has 1 heterocycles. The Hall–Kier alpha value is -1.18. The minimum atomic E-state index is -1.62. The molecule has 0 aromatic rings. The molecule has 3 atom stereocenters. The van der Waals surface area contributed by atoms with Crippen LogP contribution in [0.3, 0.4) is 0 Å². The number of carbonyl (C=O) groups is 2. The zero-order chi connectivity index (χ0) is 10.7. The Bertz CT molecular complexity index is 242. The zero-order valence-corrected chi connectivity index (χ0v) is 7.21. The Balaban J connectivity index is 2.64. The molecule has 1 aliphatic heterocycles. The molecule has 1 rings (SSSR count). The van der Waals surface area contributed by atoms with Crippen LogP contribution in [-0.2, 0) is 14.3 Å². The van der Waals surface area contributed by atoms with Crippen molar-refractivity contribution in [3.8, 4) is 0 Å². The second-order valence-electron chi connectivity index (χ2n) is 2.87. The van der Waals surface area contributed by atoms with Crippen molar-refractivity contribution < 1.29 is 29.6 Å². The number of carbonyl (C=O) groups excluding carboxylic acids is 2. The molecule has 1 fully saturated rings. The third-order valence-electron chi connectivity index (χ3n) is 1.82. The number of hydrogen-bond donors (Lipinski definition) is 4. The Morgan fingerprint density at radius 1 is 1.50 bits per heavy atom. The first kappa shape index (κ1) is 10.9. The normalized spacial score (nSPS) is 26.4. The number of esters is 1. The minimum Gasteiger partial charge on any atom is -0.448 e. The van der Waals surface area contributed by atoms with Crippen molar-refractivity contribution in [1.29, 1.82) is 0 Å². The second kappa shape index (κ2) is 4.36. The lowest BCUT2D eigenvalue weighted by atomic mass is 10.1. The van der Waals surface area contributed by atoms with Gasteiger partial charge < -0.3 is 25.4 Å². The van der Waals surface area contributed by atoms with Gasteiger partial charge in [0.2, 0.25) is 6.10 Å². The van der Waals surface area contributed by atoms with Crippen molar-refractivity contribution in [3.63, 3.8) is 0 Å². The summed E-state index contributed by atoms with van der Waals surface area (Å²) in [5, 5.41) is 29.0. The lowest BCUT2D eigenvalue weighted by Gasteiger charge is -2.27. The van der Waals surface area contributed by atoms with E-state index in [-0.39, 0.29) is 6.54 Å². The molecular weight excluding hydrogens is 194 g/mol. The lowest BCUT2D eigenvalue weighted by molar-refractivity contribution is -0.174.